The molecule has 0 saturated heterocycles. The van der Waals surface area contributed by atoms with Crippen LogP contribution >= 0.6 is 0 Å². The van der Waals surface area contributed by atoms with Gasteiger partial charge < -0.3 is 14.8 Å². The van der Waals surface area contributed by atoms with Gasteiger partial charge >= 0.3 is 12.1 Å². The second kappa shape index (κ2) is 5.55. The average Bonchev–Trinajstić information content (AvgIpc) is 2.31. The Kier molecular flexibility index (Phi) is 4.08. The maximum absolute atomic E-state index is 10.9. The number of carbonyl (C=O) groups excluding carboxylic acids is 2. The molecule has 0 radical (unpaired) electrons. The van der Waals surface area contributed by atoms with E-state index in [2.05, 4.69) is 11.9 Å². The molecule has 0 heterocycles. The number of rotatable bonds is 3. The van der Waals surface area contributed by atoms with Crippen LogP contribution in [0.5, 0.6) is 11.5 Å². The molecule has 0 unspecified atom stereocenters. The maximum Gasteiger partial charge on any atom is 0.412 e. The van der Waals surface area contributed by atoms with Crippen LogP contribution in [0.2, 0.25) is 0 Å². The van der Waals surface area contributed by atoms with Crippen LogP contribution in [0.4, 0.5) is 4.79 Å². The zero-order valence-corrected chi connectivity index (χ0v) is 8.73. The number of carbonyl (C=O) groups is 2. The second-order valence-electron chi connectivity index (χ2n) is 2.74. The third-order valence-corrected chi connectivity index (χ3v) is 1.62. The van der Waals surface area contributed by atoms with E-state index in [0.717, 1.165) is 6.08 Å². The first-order valence-electron chi connectivity index (χ1n) is 4.49. The van der Waals surface area contributed by atoms with Gasteiger partial charge in [0.25, 0.3) is 0 Å². The lowest BCUT2D eigenvalue weighted by molar-refractivity contribution is -0.128. The van der Waals surface area contributed by atoms with E-state index in [0.29, 0.717) is 11.5 Å². The van der Waals surface area contributed by atoms with Crippen LogP contribution < -0.4 is 14.8 Å². The van der Waals surface area contributed by atoms with Gasteiger partial charge in [0.1, 0.15) is 11.5 Å². The van der Waals surface area contributed by atoms with Crippen LogP contribution in [-0.2, 0) is 4.79 Å². The van der Waals surface area contributed by atoms with Crippen LogP contribution in [0, 0.1) is 0 Å². The van der Waals surface area contributed by atoms with Gasteiger partial charge in [-0.05, 0) is 24.3 Å². The molecule has 84 valence electrons. The summed E-state index contributed by atoms with van der Waals surface area (Å²) in [7, 11) is 1.46. The first-order chi connectivity index (χ1) is 7.65. The molecule has 0 fully saturated rings. The van der Waals surface area contributed by atoms with Crippen molar-refractivity contribution < 1.29 is 19.1 Å². The number of hydrogen-bond donors (Lipinski definition) is 1. The number of hydrogen-bond acceptors (Lipinski definition) is 4. The Balaban J connectivity index is 2.64. The molecule has 1 N–H and O–H groups in total. The van der Waals surface area contributed by atoms with E-state index in [-0.39, 0.29) is 0 Å². The molecule has 0 atom stereocenters. The molecule has 0 aliphatic carbocycles. The van der Waals surface area contributed by atoms with Crippen molar-refractivity contribution in [1.29, 1.82) is 0 Å². The van der Waals surface area contributed by atoms with Gasteiger partial charge in [-0.1, -0.05) is 6.58 Å². The summed E-state index contributed by atoms with van der Waals surface area (Å²) in [4.78, 5) is 21.7. The van der Waals surface area contributed by atoms with E-state index in [1.807, 2.05) is 0 Å². The van der Waals surface area contributed by atoms with E-state index >= 15 is 0 Å². The number of benzene rings is 1. The quantitative estimate of drug-likeness (QED) is 0.477. The highest BCUT2D eigenvalue weighted by Crippen LogP contribution is 2.17. The highest BCUT2D eigenvalue weighted by atomic mass is 16.6. The minimum absolute atomic E-state index is 0.356. The van der Waals surface area contributed by atoms with Crippen LogP contribution in [-0.4, -0.2) is 19.1 Å². The monoisotopic (exact) mass is 221 g/mol. The van der Waals surface area contributed by atoms with E-state index in [1.165, 1.54) is 31.3 Å². The normalized spacial score (nSPS) is 9.06. The lowest BCUT2D eigenvalue weighted by atomic mass is 10.3. The molecular formula is C11H11NO4. The Morgan fingerprint density at radius 2 is 1.69 bits per heavy atom. The lowest BCUT2D eigenvalue weighted by Crippen LogP contribution is -2.21. The molecule has 0 aliphatic rings. The summed E-state index contributed by atoms with van der Waals surface area (Å²) in [5, 5.41) is 2.31. The summed E-state index contributed by atoms with van der Waals surface area (Å²) >= 11 is 0. The van der Waals surface area contributed by atoms with Crippen molar-refractivity contribution in [1.82, 2.24) is 5.32 Å². The summed E-state index contributed by atoms with van der Waals surface area (Å²) < 4.78 is 9.68. The molecule has 0 spiro atoms. The van der Waals surface area contributed by atoms with Gasteiger partial charge in [-0.2, -0.15) is 0 Å². The number of esters is 1. The highest BCUT2D eigenvalue weighted by Gasteiger charge is 2.03. The molecular weight excluding hydrogens is 210 g/mol. The molecule has 1 amide bonds. The van der Waals surface area contributed by atoms with Crippen LogP contribution in [0.3, 0.4) is 0 Å². The van der Waals surface area contributed by atoms with E-state index in [1.54, 1.807) is 0 Å². The van der Waals surface area contributed by atoms with Crippen molar-refractivity contribution >= 4 is 12.1 Å². The fourth-order valence-electron chi connectivity index (χ4n) is 0.892. The van der Waals surface area contributed by atoms with Crippen molar-refractivity contribution in [2.75, 3.05) is 7.05 Å². The topological polar surface area (TPSA) is 64.6 Å². The van der Waals surface area contributed by atoms with E-state index in [4.69, 9.17) is 9.47 Å². The molecule has 0 saturated carbocycles. The van der Waals surface area contributed by atoms with Gasteiger partial charge in [0.05, 0.1) is 0 Å². The molecule has 16 heavy (non-hydrogen) atoms. The summed E-state index contributed by atoms with van der Waals surface area (Å²) in [5.74, 6) is 0.173. The molecule has 1 aromatic carbocycles. The van der Waals surface area contributed by atoms with Crippen molar-refractivity contribution in [3.63, 3.8) is 0 Å². The SMILES string of the molecule is C=CC(=O)Oc1ccc(OC(=O)NC)cc1. The summed E-state index contributed by atoms with van der Waals surface area (Å²) in [5.41, 5.74) is 0. The number of amides is 1. The fraction of sp³-hybridized carbons (Fsp3) is 0.0909. The van der Waals surface area contributed by atoms with Crippen molar-refractivity contribution in [2.45, 2.75) is 0 Å². The molecule has 1 aromatic rings. The maximum atomic E-state index is 10.9. The van der Waals surface area contributed by atoms with Crippen LogP contribution in [0.25, 0.3) is 0 Å². The molecule has 0 aromatic heterocycles. The Hall–Kier alpha value is -2.30. The third-order valence-electron chi connectivity index (χ3n) is 1.62. The van der Waals surface area contributed by atoms with Crippen molar-refractivity contribution in [3.05, 3.63) is 36.9 Å². The van der Waals surface area contributed by atoms with E-state index in [9.17, 15) is 9.59 Å². The zero-order chi connectivity index (χ0) is 12.0. The summed E-state index contributed by atoms with van der Waals surface area (Å²) in [6, 6.07) is 6.06. The fourth-order valence-corrected chi connectivity index (χ4v) is 0.892. The van der Waals surface area contributed by atoms with Gasteiger partial charge in [0.2, 0.25) is 0 Å². The molecule has 1 rings (SSSR count). The Morgan fingerprint density at radius 3 is 2.12 bits per heavy atom. The Bertz CT molecular complexity index is 397. The number of nitrogens with one attached hydrogen (secondary N) is 1. The molecule has 0 aliphatic heterocycles. The van der Waals surface area contributed by atoms with Gasteiger partial charge in [-0.3, -0.25) is 0 Å². The first kappa shape index (κ1) is 11.8. The smallest absolute Gasteiger partial charge is 0.412 e. The van der Waals surface area contributed by atoms with Crippen LogP contribution in [0.15, 0.2) is 36.9 Å². The predicted molar refractivity (Wildman–Crippen MR) is 57.4 cm³/mol. The number of ether oxygens (including phenoxy) is 2. The van der Waals surface area contributed by atoms with Crippen molar-refractivity contribution in [2.24, 2.45) is 0 Å². The highest BCUT2D eigenvalue weighted by molar-refractivity contribution is 5.83. The third kappa shape index (κ3) is 3.45. The predicted octanol–water partition coefficient (Wildman–Crippen LogP) is 1.50. The minimum atomic E-state index is -0.559. The Morgan fingerprint density at radius 1 is 1.19 bits per heavy atom. The van der Waals surface area contributed by atoms with Crippen molar-refractivity contribution in [3.8, 4) is 11.5 Å². The zero-order valence-electron chi connectivity index (χ0n) is 8.73. The molecule has 5 nitrogen and oxygen atoms in total. The van der Waals surface area contributed by atoms with Gasteiger partial charge in [0.15, 0.2) is 0 Å². The molecule has 5 heteroatoms. The minimum Gasteiger partial charge on any atom is -0.423 e. The van der Waals surface area contributed by atoms with Gasteiger partial charge in [-0.15, -0.1) is 0 Å². The molecule has 0 bridgehead atoms. The largest absolute Gasteiger partial charge is 0.423 e. The van der Waals surface area contributed by atoms with E-state index < -0.39 is 12.1 Å². The Labute approximate surface area is 92.7 Å². The second-order valence-corrected chi connectivity index (χ2v) is 2.74. The average molecular weight is 221 g/mol. The summed E-state index contributed by atoms with van der Waals surface area (Å²) in [6.07, 6.45) is 0.505. The first-order valence-corrected chi connectivity index (χ1v) is 4.49. The lowest BCUT2D eigenvalue weighted by Gasteiger charge is -2.04. The van der Waals surface area contributed by atoms with Crippen LogP contribution in [0.1, 0.15) is 0 Å². The van der Waals surface area contributed by atoms with Gasteiger partial charge in [-0.25, -0.2) is 9.59 Å². The standard InChI is InChI=1S/C11H11NO4/c1-3-10(13)15-8-4-6-9(7-5-8)16-11(14)12-2/h3-7H,1H2,2H3,(H,12,14). The van der Waals surface area contributed by atoms with Gasteiger partial charge in [0, 0.05) is 13.1 Å². The summed E-state index contributed by atoms with van der Waals surface area (Å²) in [6.45, 7) is 3.27.